The molecular formula is C28H22F3N. The van der Waals surface area contributed by atoms with Crippen LogP contribution in [0.25, 0.3) is 10.8 Å². The molecule has 0 aliphatic carbocycles. The van der Waals surface area contributed by atoms with Gasteiger partial charge in [-0.05, 0) is 72.2 Å². The lowest BCUT2D eigenvalue weighted by Gasteiger charge is -2.04. The third-order valence-electron chi connectivity index (χ3n) is 5.37. The molecule has 0 fully saturated rings. The second-order valence-corrected chi connectivity index (χ2v) is 7.78. The van der Waals surface area contributed by atoms with Crippen molar-refractivity contribution in [1.82, 2.24) is 4.98 Å². The molecule has 0 saturated carbocycles. The fraction of sp³-hybridized carbons (Fsp3) is 0.179. The van der Waals surface area contributed by atoms with Crippen molar-refractivity contribution in [3.8, 4) is 11.8 Å². The summed E-state index contributed by atoms with van der Waals surface area (Å²) < 4.78 is 40.7. The average molecular weight is 429 g/mol. The van der Waals surface area contributed by atoms with Gasteiger partial charge in [-0.1, -0.05) is 49.5 Å². The quantitative estimate of drug-likeness (QED) is 0.251. The van der Waals surface area contributed by atoms with Crippen molar-refractivity contribution in [2.24, 2.45) is 0 Å². The number of aromatic nitrogens is 1. The molecule has 160 valence electrons. The highest BCUT2D eigenvalue weighted by molar-refractivity contribution is 5.84. The normalized spacial score (nSPS) is 10.8. The first-order valence-electron chi connectivity index (χ1n) is 10.7. The Morgan fingerprint density at radius 2 is 1.44 bits per heavy atom. The fourth-order valence-electron chi connectivity index (χ4n) is 3.59. The van der Waals surface area contributed by atoms with Crippen LogP contribution in [-0.2, 0) is 19.3 Å². The molecule has 0 unspecified atom stereocenters. The van der Waals surface area contributed by atoms with Gasteiger partial charge in [-0.25, -0.2) is 13.2 Å². The highest BCUT2D eigenvalue weighted by Gasteiger charge is 2.13. The Bertz CT molecular complexity index is 1300. The van der Waals surface area contributed by atoms with Gasteiger partial charge in [-0.15, -0.1) is 0 Å². The number of pyridine rings is 1. The molecule has 1 aromatic heterocycles. The molecule has 0 aliphatic rings. The average Bonchev–Trinajstić information content (AvgIpc) is 2.81. The zero-order valence-corrected chi connectivity index (χ0v) is 17.8. The maximum absolute atomic E-state index is 13.8. The fourth-order valence-corrected chi connectivity index (χ4v) is 3.59. The number of rotatable bonds is 5. The second-order valence-electron chi connectivity index (χ2n) is 7.78. The first kappa shape index (κ1) is 21.6. The maximum Gasteiger partial charge on any atom is 0.195 e. The van der Waals surface area contributed by atoms with Crippen LogP contribution in [0.2, 0.25) is 0 Å². The van der Waals surface area contributed by atoms with Crippen molar-refractivity contribution in [3.05, 3.63) is 112 Å². The van der Waals surface area contributed by atoms with Crippen molar-refractivity contribution in [2.75, 3.05) is 0 Å². The molecule has 4 heteroatoms. The molecule has 1 heterocycles. The summed E-state index contributed by atoms with van der Waals surface area (Å²) in [6.07, 6.45) is 5.91. The Morgan fingerprint density at radius 3 is 2.16 bits per heavy atom. The number of hydrogen-bond acceptors (Lipinski definition) is 1. The first-order chi connectivity index (χ1) is 15.5. The van der Waals surface area contributed by atoms with Gasteiger partial charge in [0.25, 0.3) is 0 Å². The van der Waals surface area contributed by atoms with Gasteiger partial charge >= 0.3 is 0 Å². The van der Waals surface area contributed by atoms with E-state index in [2.05, 4.69) is 35.9 Å². The second kappa shape index (κ2) is 9.70. The van der Waals surface area contributed by atoms with Gasteiger partial charge in [0.15, 0.2) is 17.5 Å². The van der Waals surface area contributed by atoms with Gasteiger partial charge in [-0.3, -0.25) is 4.98 Å². The molecule has 0 saturated heterocycles. The minimum absolute atomic E-state index is 0.0355. The summed E-state index contributed by atoms with van der Waals surface area (Å²) in [5.74, 6) is 2.22. The van der Waals surface area contributed by atoms with Gasteiger partial charge in [0, 0.05) is 28.4 Å². The van der Waals surface area contributed by atoms with E-state index in [1.54, 1.807) is 12.1 Å². The summed E-state index contributed by atoms with van der Waals surface area (Å²) in [7, 11) is 0. The van der Waals surface area contributed by atoms with E-state index in [1.165, 1.54) is 17.2 Å². The van der Waals surface area contributed by atoms with Crippen LogP contribution in [-0.4, -0.2) is 4.98 Å². The molecule has 0 aliphatic heterocycles. The highest BCUT2D eigenvalue weighted by Crippen LogP contribution is 2.24. The number of aryl methyl sites for hydroxylation is 3. The summed E-state index contributed by atoms with van der Waals surface area (Å²) in [5.41, 5.74) is 5.00. The lowest BCUT2D eigenvalue weighted by Crippen LogP contribution is -1.95. The van der Waals surface area contributed by atoms with Crippen molar-refractivity contribution in [2.45, 2.75) is 32.6 Å². The molecule has 0 N–H and O–H groups in total. The van der Waals surface area contributed by atoms with Gasteiger partial charge in [-0.2, -0.15) is 0 Å². The maximum atomic E-state index is 13.8. The third-order valence-corrected chi connectivity index (χ3v) is 5.37. The number of benzene rings is 3. The van der Waals surface area contributed by atoms with Crippen LogP contribution in [0.1, 0.15) is 41.3 Å². The van der Waals surface area contributed by atoms with Crippen molar-refractivity contribution >= 4 is 10.8 Å². The van der Waals surface area contributed by atoms with Crippen LogP contribution in [0.3, 0.4) is 0 Å². The summed E-state index contributed by atoms with van der Waals surface area (Å²) in [6.45, 7) is 2.16. The van der Waals surface area contributed by atoms with Crippen LogP contribution in [0.5, 0.6) is 0 Å². The van der Waals surface area contributed by atoms with Gasteiger partial charge in [0.2, 0.25) is 0 Å². The van der Waals surface area contributed by atoms with Crippen molar-refractivity contribution in [3.63, 3.8) is 0 Å². The lowest BCUT2D eigenvalue weighted by molar-refractivity contribution is 0.453. The first-order valence-corrected chi connectivity index (χ1v) is 10.7. The summed E-state index contributed by atoms with van der Waals surface area (Å²) in [4.78, 5) is 4.54. The van der Waals surface area contributed by atoms with E-state index in [0.29, 0.717) is 5.56 Å². The largest absolute Gasteiger partial charge is 0.261 e. The van der Waals surface area contributed by atoms with Crippen molar-refractivity contribution in [1.29, 1.82) is 0 Å². The SMILES string of the molecule is CCCc1ccc(CCc2ccc(C#Cc3ccc4c(F)c(F)c(F)cc4c3)cc2)nc1. The Kier molecular flexibility index (Phi) is 6.56. The van der Waals surface area contributed by atoms with Crippen LogP contribution in [0.4, 0.5) is 13.2 Å². The van der Waals surface area contributed by atoms with Crippen LogP contribution in [0.15, 0.2) is 66.9 Å². The van der Waals surface area contributed by atoms with E-state index in [1.807, 2.05) is 30.5 Å². The number of nitrogens with zero attached hydrogens (tertiary/aromatic N) is 1. The van der Waals surface area contributed by atoms with E-state index in [-0.39, 0.29) is 10.8 Å². The standard InChI is InChI=1S/C28H22F3N/c1-2-3-22-11-14-24(32-18-22)13-10-20-6-4-19(5-7-20)8-9-21-12-15-25-23(16-21)17-26(29)28(31)27(25)30/h4-7,11-12,14-18H,2-3,10,13H2,1H3. The molecule has 32 heavy (non-hydrogen) atoms. The molecule has 1 nitrogen and oxygen atoms in total. The predicted molar refractivity (Wildman–Crippen MR) is 122 cm³/mol. The Morgan fingerprint density at radius 1 is 0.719 bits per heavy atom. The zero-order chi connectivity index (χ0) is 22.5. The molecule has 0 radical (unpaired) electrons. The zero-order valence-electron chi connectivity index (χ0n) is 17.8. The van der Waals surface area contributed by atoms with Gasteiger partial charge in [0.05, 0.1) is 0 Å². The third kappa shape index (κ3) is 5.00. The van der Waals surface area contributed by atoms with Gasteiger partial charge < -0.3 is 0 Å². The van der Waals surface area contributed by atoms with E-state index in [0.717, 1.165) is 43.0 Å². The van der Waals surface area contributed by atoms with E-state index >= 15 is 0 Å². The van der Waals surface area contributed by atoms with E-state index < -0.39 is 17.5 Å². The molecule has 0 atom stereocenters. The van der Waals surface area contributed by atoms with Gasteiger partial charge in [0.1, 0.15) is 0 Å². The van der Waals surface area contributed by atoms with E-state index in [4.69, 9.17) is 0 Å². The molecule has 4 rings (SSSR count). The summed E-state index contributed by atoms with van der Waals surface area (Å²) >= 11 is 0. The smallest absolute Gasteiger partial charge is 0.195 e. The molecule has 3 aromatic carbocycles. The predicted octanol–water partition coefficient (Wildman–Crippen LogP) is 6.79. The molecule has 0 bridgehead atoms. The number of hydrogen-bond donors (Lipinski definition) is 0. The van der Waals surface area contributed by atoms with Crippen LogP contribution in [0, 0.1) is 29.3 Å². The number of fused-ring (bicyclic) bond motifs is 1. The highest BCUT2D eigenvalue weighted by atomic mass is 19.2. The Balaban J connectivity index is 1.42. The minimum Gasteiger partial charge on any atom is -0.261 e. The lowest BCUT2D eigenvalue weighted by atomic mass is 10.0. The molecule has 0 amide bonds. The molecular weight excluding hydrogens is 407 g/mol. The van der Waals surface area contributed by atoms with Crippen LogP contribution < -0.4 is 0 Å². The summed E-state index contributed by atoms with van der Waals surface area (Å²) in [6, 6.07) is 17.8. The summed E-state index contributed by atoms with van der Waals surface area (Å²) in [5, 5.41) is 0.313. The number of halogens is 3. The monoisotopic (exact) mass is 429 g/mol. The topological polar surface area (TPSA) is 12.9 Å². The van der Waals surface area contributed by atoms with Crippen molar-refractivity contribution < 1.29 is 13.2 Å². The minimum atomic E-state index is -1.46. The molecule has 4 aromatic rings. The molecule has 0 spiro atoms. The van der Waals surface area contributed by atoms with Crippen LogP contribution >= 0.6 is 0 Å². The van der Waals surface area contributed by atoms with E-state index in [9.17, 15) is 13.2 Å². The Labute approximate surface area is 185 Å². The Hall–Kier alpha value is -3.58.